The van der Waals surface area contributed by atoms with Crippen LogP contribution in [0.3, 0.4) is 0 Å². The number of rotatable bonds is 5. The minimum absolute atomic E-state index is 0.0493. The van der Waals surface area contributed by atoms with Gasteiger partial charge in [-0.25, -0.2) is 4.68 Å². The van der Waals surface area contributed by atoms with E-state index in [1.165, 1.54) is 11.6 Å². The van der Waals surface area contributed by atoms with Gasteiger partial charge < -0.3 is 10.1 Å². The number of amides is 1. The first kappa shape index (κ1) is 16.5. The summed E-state index contributed by atoms with van der Waals surface area (Å²) >= 11 is 2.12. The molecular formula is C15H16IN3O3. The van der Waals surface area contributed by atoms with Gasteiger partial charge in [0.05, 0.1) is 10.2 Å². The Labute approximate surface area is 142 Å². The van der Waals surface area contributed by atoms with E-state index in [0.717, 1.165) is 9.13 Å². The maximum atomic E-state index is 11.7. The first-order valence-electron chi connectivity index (χ1n) is 6.77. The van der Waals surface area contributed by atoms with Crippen LogP contribution in [0.1, 0.15) is 13.8 Å². The smallest absolute Gasteiger partial charge is 0.327 e. The average molecular weight is 413 g/mol. The fraction of sp³-hybridized carbons (Fsp3) is 0.267. The molecule has 1 aromatic carbocycles. The van der Waals surface area contributed by atoms with Gasteiger partial charge in [0.25, 0.3) is 0 Å². The zero-order valence-electron chi connectivity index (χ0n) is 12.3. The third-order valence-electron chi connectivity index (χ3n) is 2.82. The molecule has 0 atom stereocenters. The van der Waals surface area contributed by atoms with Gasteiger partial charge in [-0.1, -0.05) is 30.3 Å². The number of benzene rings is 1. The van der Waals surface area contributed by atoms with E-state index in [2.05, 4.69) is 33.0 Å². The molecule has 0 unspecified atom stereocenters. The number of ether oxygens (including phenoxy) is 1. The van der Waals surface area contributed by atoms with Crippen LogP contribution in [0, 0.1) is 3.57 Å². The van der Waals surface area contributed by atoms with Crippen LogP contribution in [0.2, 0.25) is 0 Å². The fourth-order valence-electron chi connectivity index (χ4n) is 1.95. The standard InChI is InChI=1S/C15H16IN3O3/c1-3-22-12(21)9-19-15(17-10(2)20)13(16)14(18-19)11-7-5-4-6-8-11/h4-8H,3,9H2,1-2H3,(H,17,20). The number of carbonyl (C=O) groups is 2. The van der Waals surface area contributed by atoms with Gasteiger partial charge in [-0.15, -0.1) is 0 Å². The Bertz CT molecular complexity index is 683. The molecule has 0 saturated heterocycles. The summed E-state index contributed by atoms with van der Waals surface area (Å²) in [4.78, 5) is 23.1. The number of carbonyl (C=O) groups excluding carboxylic acids is 2. The van der Waals surface area contributed by atoms with Crippen molar-refractivity contribution < 1.29 is 14.3 Å². The highest BCUT2D eigenvalue weighted by molar-refractivity contribution is 14.1. The van der Waals surface area contributed by atoms with Crippen LogP contribution < -0.4 is 5.32 Å². The predicted molar refractivity (Wildman–Crippen MR) is 91.3 cm³/mol. The molecule has 22 heavy (non-hydrogen) atoms. The monoisotopic (exact) mass is 413 g/mol. The number of aromatic nitrogens is 2. The molecule has 1 aromatic heterocycles. The van der Waals surface area contributed by atoms with Crippen molar-refractivity contribution in [2.24, 2.45) is 0 Å². The molecule has 2 aromatic rings. The van der Waals surface area contributed by atoms with Gasteiger partial charge in [0, 0.05) is 12.5 Å². The van der Waals surface area contributed by atoms with E-state index in [0.29, 0.717) is 18.1 Å². The van der Waals surface area contributed by atoms with Crippen molar-refractivity contribution in [2.75, 3.05) is 11.9 Å². The molecule has 116 valence electrons. The molecule has 2 rings (SSSR count). The van der Waals surface area contributed by atoms with Crippen LogP contribution in [-0.2, 0) is 20.9 Å². The lowest BCUT2D eigenvalue weighted by atomic mass is 10.1. The topological polar surface area (TPSA) is 73.2 Å². The van der Waals surface area contributed by atoms with E-state index in [1.807, 2.05) is 30.3 Å². The summed E-state index contributed by atoms with van der Waals surface area (Å²) in [5.41, 5.74) is 1.63. The second kappa shape index (κ2) is 7.39. The van der Waals surface area contributed by atoms with Crippen molar-refractivity contribution in [1.29, 1.82) is 0 Å². The van der Waals surface area contributed by atoms with E-state index in [4.69, 9.17) is 4.74 Å². The number of halogens is 1. The zero-order chi connectivity index (χ0) is 16.1. The quantitative estimate of drug-likeness (QED) is 0.605. The molecule has 1 amide bonds. The van der Waals surface area contributed by atoms with Crippen molar-refractivity contribution >= 4 is 40.3 Å². The summed E-state index contributed by atoms with van der Waals surface area (Å²) in [6.45, 7) is 3.42. The van der Waals surface area contributed by atoms with Crippen molar-refractivity contribution in [3.05, 3.63) is 33.9 Å². The van der Waals surface area contributed by atoms with Crippen molar-refractivity contribution in [2.45, 2.75) is 20.4 Å². The fourth-order valence-corrected chi connectivity index (χ4v) is 2.78. The lowest BCUT2D eigenvalue weighted by molar-refractivity contribution is -0.144. The van der Waals surface area contributed by atoms with Gasteiger partial charge in [0.1, 0.15) is 18.1 Å². The molecular weight excluding hydrogens is 397 g/mol. The van der Waals surface area contributed by atoms with Crippen molar-refractivity contribution in [3.8, 4) is 11.3 Å². The Kier molecular flexibility index (Phi) is 5.53. The van der Waals surface area contributed by atoms with Gasteiger partial charge in [0.2, 0.25) is 5.91 Å². The minimum Gasteiger partial charge on any atom is -0.465 e. The van der Waals surface area contributed by atoms with Gasteiger partial charge in [-0.05, 0) is 29.5 Å². The maximum Gasteiger partial charge on any atom is 0.327 e. The summed E-state index contributed by atoms with van der Waals surface area (Å²) in [6.07, 6.45) is 0. The highest BCUT2D eigenvalue weighted by atomic mass is 127. The summed E-state index contributed by atoms with van der Waals surface area (Å²) in [5, 5.41) is 7.17. The second-order valence-corrected chi connectivity index (χ2v) is 5.60. The molecule has 0 radical (unpaired) electrons. The molecule has 0 saturated carbocycles. The SMILES string of the molecule is CCOC(=O)Cn1nc(-c2ccccc2)c(I)c1NC(C)=O. The van der Waals surface area contributed by atoms with E-state index < -0.39 is 5.97 Å². The number of hydrogen-bond donors (Lipinski definition) is 1. The van der Waals surface area contributed by atoms with Gasteiger partial charge >= 0.3 is 5.97 Å². The Hall–Kier alpha value is -1.90. The van der Waals surface area contributed by atoms with Crippen molar-refractivity contribution in [3.63, 3.8) is 0 Å². The molecule has 1 N–H and O–H groups in total. The number of esters is 1. The van der Waals surface area contributed by atoms with E-state index in [9.17, 15) is 9.59 Å². The number of nitrogens with zero attached hydrogens (tertiary/aromatic N) is 2. The first-order chi connectivity index (χ1) is 10.5. The van der Waals surface area contributed by atoms with Gasteiger partial charge in [-0.3, -0.25) is 9.59 Å². The molecule has 0 aliphatic carbocycles. The van der Waals surface area contributed by atoms with E-state index >= 15 is 0 Å². The molecule has 1 heterocycles. The molecule has 0 bridgehead atoms. The average Bonchev–Trinajstić information content (AvgIpc) is 2.77. The lowest BCUT2D eigenvalue weighted by Gasteiger charge is -2.07. The molecule has 7 heteroatoms. The Morgan fingerprint density at radius 2 is 2.00 bits per heavy atom. The third-order valence-corrected chi connectivity index (χ3v) is 3.84. The highest BCUT2D eigenvalue weighted by Crippen LogP contribution is 2.30. The molecule has 0 aliphatic rings. The number of anilines is 1. The molecule has 0 fully saturated rings. The summed E-state index contributed by atoms with van der Waals surface area (Å²) in [6, 6.07) is 9.59. The van der Waals surface area contributed by atoms with Gasteiger partial charge in [0.15, 0.2) is 0 Å². The molecule has 0 aliphatic heterocycles. The van der Waals surface area contributed by atoms with Crippen LogP contribution in [0.25, 0.3) is 11.3 Å². The Morgan fingerprint density at radius 3 is 2.59 bits per heavy atom. The maximum absolute atomic E-state index is 11.7. The summed E-state index contributed by atoms with van der Waals surface area (Å²) in [5.74, 6) is -0.116. The van der Waals surface area contributed by atoms with Gasteiger partial charge in [-0.2, -0.15) is 5.10 Å². The largest absolute Gasteiger partial charge is 0.465 e. The normalized spacial score (nSPS) is 10.3. The summed E-state index contributed by atoms with van der Waals surface area (Å²) < 4.78 is 7.19. The van der Waals surface area contributed by atoms with Crippen LogP contribution in [0.4, 0.5) is 5.82 Å². The predicted octanol–water partition coefficient (Wildman–Crippen LogP) is 2.68. The number of hydrogen-bond acceptors (Lipinski definition) is 4. The molecule has 0 spiro atoms. The van der Waals surface area contributed by atoms with Crippen molar-refractivity contribution in [1.82, 2.24) is 9.78 Å². The first-order valence-corrected chi connectivity index (χ1v) is 7.85. The Balaban J connectivity index is 2.43. The second-order valence-electron chi connectivity index (χ2n) is 4.52. The Morgan fingerprint density at radius 1 is 1.32 bits per heavy atom. The summed E-state index contributed by atoms with van der Waals surface area (Å²) in [7, 11) is 0. The highest BCUT2D eigenvalue weighted by Gasteiger charge is 2.19. The lowest BCUT2D eigenvalue weighted by Crippen LogP contribution is -2.18. The minimum atomic E-state index is -0.396. The van der Waals surface area contributed by atoms with E-state index in [1.54, 1.807) is 6.92 Å². The van der Waals surface area contributed by atoms with E-state index in [-0.39, 0.29) is 12.5 Å². The van der Waals surface area contributed by atoms with Crippen LogP contribution >= 0.6 is 22.6 Å². The zero-order valence-corrected chi connectivity index (χ0v) is 14.5. The van der Waals surface area contributed by atoms with Crippen LogP contribution in [0.15, 0.2) is 30.3 Å². The number of nitrogens with one attached hydrogen (secondary N) is 1. The molecule has 6 nitrogen and oxygen atoms in total. The van der Waals surface area contributed by atoms with Crippen LogP contribution in [0.5, 0.6) is 0 Å². The third kappa shape index (κ3) is 3.85. The van der Waals surface area contributed by atoms with Crippen LogP contribution in [-0.4, -0.2) is 28.3 Å².